The maximum atomic E-state index is 4.94. The van der Waals surface area contributed by atoms with Crippen molar-refractivity contribution in [3.8, 4) is 0 Å². The molecule has 1 saturated heterocycles. The van der Waals surface area contributed by atoms with Gasteiger partial charge in [0.05, 0.1) is 12.4 Å². The highest BCUT2D eigenvalue weighted by molar-refractivity contribution is 5.70. The first kappa shape index (κ1) is 9.53. The van der Waals surface area contributed by atoms with Crippen LogP contribution in [0.25, 0.3) is 11.1 Å². The third-order valence-electron chi connectivity index (χ3n) is 2.82. The Morgan fingerprint density at radius 1 is 1.50 bits per heavy atom. The van der Waals surface area contributed by atoms with Crippen molar-refractivity contribution in [3.05, 3.63) is 12.4 Å². The van der Waals surface area contributed by atoms with Gasteiger partial charge in [-0.15, -0.1) is 0 Å². The van der Waals surface area contributed by atoms with Crippen LogP contribution in [0.15, 0.2) is 16.9 Å². The molecule has 1 aliphatic heterocycles. The summed E-state index contributed by atoms with van der Waals surface area (Å²) in [5, 5.41) is 10.2. The molecule has 0 amide bonds. The molecule has 2 aromatic rings. The van der Waals surface area contributed by atoms with Gasteiger partial charge in [-0.3, -0.25) is 0 Å². The summed E-state index contributed by atoms with van der Waals surface area (Å²) in [4.78, 5) is 8.46. The first-order valence-electron chi connectivity index (χ1n) is 5.44. The van der Waals surface area contributed by atoms with Gasteiger partial charge in [0.15, 0.2) is 0 Å². The molecule has 6 nitrogen and oxygen atoms in total. The van der Waals surface area contributed by atoms with Crippen molar-refractivity contribution in [2.75, 3.05) is 25.0 Å². The molecule has 1 aliphatic rings. The molecule has 16 heavy (non-hydrogen) atoms. The second kappa shape index (κ2) is 4.05. The SMILES string of the molecule is c1noc2cnc(NCC3CCNC3)nc12. The predicted octanol–water partition coefficient (Wildman–Crippen LogP) is 0.639. The molecule has 1 atom stereocenters. The lowest BCUT2D eigenvalue weighted by atomic mass is 10.1. The quantitative estimate of drug-likeness (QED) is 0.789. The summed E-state index contributed by atoms with van der Waals surface area (Å²) in [7, 11) is 0. The first-order chi connectivity index (χ1) is 7.92. The van der Waals surface area contributed by atoms with Crippen LogP contribution >= 0.6 is 0 Å². The Hall–Kier alpha value is -1.69. The van der Waals surface area contributed by atoms with E-state index in [-0.39, 0.29) is 0 Å². The fourth-order valence-electron chi connectivity index (χ4n) is 1.89. The van der Waals surface area contributed by atoms with Crippen molar-refractivity contribution < 1.29 is 4.52 Å². The van der Waals surface area contributed by atoms with Crippen LogP contribution in [0.2, 0.25) is 0 Å². The fourth-order valence-corrected chi connectivity index (χ4v) is 1.89. The minimum Gasteiger partial charge on any atom is -0.354 e. The fraction of sp³-hybridized carbons (Fsp3) is 0.500. The molecule has 0 radical (unpaired) electrons. The highest BCUT2D eigenvalue weighted by atomic mass is 16.5. The van der Waals surface area contributed by atoms with Crippen LogP contribution in [-0.4, -0.2) is 34.8 Å². The molecule has 84 valence electrons. The van der Waals surface area contributed by atoms with Gasteiger partial charge in [0, 0.05) is 6.54 Å². The number of rotatable bonds is 3. The minimum absolute atomic E-state index is 0.619. The standard InChI is InChI=1S/C10H13N5O/c1-2-11-3-7(1)4-12-10-13-6-9-8(15-10)5-14-16-9/h5-7,11H,1-4H2,(H,12,13,15). The van der Waals surface area contributed by atoms with Crippen LogP contribution in [0.1, 0.15) is 6.42 Å². The molecule has 2 N–H and O–H groups in total. The molecule has 1 fully saturated rings. The molecule has 2 aromatic heterocycles. The lowest BCUT2D eigenvalue weighted by Crippen LogP contribution is -2.18. The van der Waals surface area contributed by atoms with Gasteiger partial charge in [-0.25, -0.2) is 9.97 Å². The Labute approximate surface area is 92.4 Å². The number of hydrogen-bond acceptors (Lipinski definition) is 6. The molecule has 0 saturated carbocycles. The van der Waals surface area contributed by atoms with Crippen molar-refractivity contribution in [2.45, 2.75) is 6.42 Å². The van der Waals surface area contributed by atoms with E-state index in [1.165, 1.54) is 6.42 Å². The topological polar surface area (TPSA) is 75.9 Å². The van der Waals surface area contributed by atoms with E-state index in [1.807, 2.05) is 0 Å². The second-order valence-electron chi connectivity index (χ2n) is 4.01. The Kier molecular flexibility index (Phi) is 2.41. The minimum atomic E-state index is 0.619. The van der Waals surface area contributed by atoms with E-state index in [2.05, 4.69) is 25.8 Å². The summed E-state index contributed by atoms with van der Waals surface area (Å²) in [6.45, 7) is 3.09. The summed E-state index contributed by atoms with van der Waals surface area (Å²) >= 11 is 0. The smallest absolute Gasteiger partial charge is 0.223 e. The predicted molar refractivity (Wildman–Crippen MR) is 59.1 cm³/mol. The lowest BCUT2D eigenvalue weighted by molar-refractivity contribution is 0.455. The average molecular weight is 219 g/mol. The van der Waals surface area contributed by atoms with E-state index in [1.54, 1.807) is 12.4 Å². The molecular weight excluding hydrogens is 206 g/mol. The highest BCUT2D eigenvalue weighted by Gasteiger charge is 2.14. The molecule has 3 heterocycles. The Morgan fingerprint density at radius 3 is 3.38 bits per heavy atom. The zero-order valence-corrected chi connectivity index (χ0v) is 8.81. The number of anilines is 1. The third kappa shape index (κ3) is 1.83. The first-order valence-corrected chi connectivity index (χ1v) is 5.44. The van der Waals surface area contributed by atoms with Crippen LogP contribution < -0.4 is 10.6 Å². The van der Waals surface area contributed by atoms with E-state index >= 15 is 0 Å². The monoisotopic (exact) mass is 219 g/mol. The van der Waals surface area contributed by atoms with E-state index in [0.29, 0.717) is 17.4 Å². The van der Waals surface area contributed by atoms with Gasteiger partial charge in [0.2, 0.25) is 11.5 Å². The van der Waals surface area contributed by atoms with Crippen LogP contribution in [0.5, 0.6) is 0 Å². The number of aromatic nitrogens is 3. The van der Waals surface area contributed by atoms with Crippen molar-refractivity contribution in [2.24, 2.45) is 5.92 Å². The number of fused-ring (bicyclic) bond motifs is 1. The van der Waals surface area contributed by atoms with Gasteiger partial charge in [-0.05, 0) is 25.4 Å². The van der Waals surface area contributed by atoms with Crippen LogP contribution in [0.4, 0.5) is 5.95 Å². The molecule has 0 aromatic carbocycles. The van der Waals surface area contributed by atoms with Crippen molar-refractivity contribution in [1.29, 1.82) is 0 Å². The summed E-state index contributed by atoms with van der Waals surface area (Å²) in [5.41, 5.74) is 1.36. The van der Waals surface area contributed by atoms with E-state index < -0.39 is 0 Å². The molecule has 1 unspecified atom stereocenters. The van der Waals surface area contributed by atoms with Crippen LogP contribution in [-0.2, 0) is 0 Å². The van der Waals surface area contributed by atoms with Crippen molar-refractivity contribution >= 4 is 17.0 Å². The van der Waals surface area contributed by atoms with E-state index in [0.717, 1.165) is 25.2 Å². The van der Waals surface area contributed by atoms with E-state index in [4.69, 9.17) is 4.52 Å². The van der Waals surface area contributed by atoms with Gasteiger partial charge in [-0.2, -0.15) is 0 Å². The number of nitrogens with one attached hydrogen (secondary N) is 2. The Bertz CT molecular complexity index is 477. The Balaban J connectivity index is 1.68. The average Bonchev–Trinajstić information content (AvgIpc) is 2.97. The van der Waals surface area contributed by atoms with Gasteiger partial charge < -0.3 is 15.2 Å². The maximum Gasteiger partial charge on any atom is 0.223 e. The largest absolute Gasteiger partial charge is 0.354 e. The Morgan fingerprint density at radius 2 is 2.50 bits per heavy atom. The summed E-state index contributed by atoms with van der Waals surface area (Å²) in [6.07, 6.45) is 4.45. The van der Waals surface area contributed by atoms with Crippen LogP contribution in [0, 0.1) is 5.92 Å². The van der Waals surface area contributed by atoms with Gasteiger partial charge >= 0.3 is 0 Å². The zero-order chi connectivity index (χ0) is 10.8. The normalized spacial score (nSPS) is 20.4. The zero-order valence-electron chi connectivity index (χ0n) is 8.81. The number of nitrogens with zero attached hydrogens (tertiary/aromatic N) is 3. The van der Waals surface area contributed by atoms with Gasteiger partial charge in [0.25, 0.3) is 0 Å². The summed E-state index contributed by atoms with van der Waals surface area (Å²) in [6, 6.07) is 0. The molecular formula is C10H13N5O. The van der Waals surface area contributed by atoms with Crippen molar-refractivity contribution in [3.63, 3.8) is 0 Å². The van der Waals surface area contributed by atoms with E-state index in [9.17, 15) is 0 Å². The molecule has 3 rings (SSSR count). The molecule has 6 heteroatoms. The molecule has 0 aliphatic carbocycles. The highest BCUT2D eigenvalue weighted by Crippen LogP contribution is 2.12. The van der Waals surface area contributed by atoms with Crippen LogP contribution in [0.3, 0.4) is 0 Å². The molecule has 0 spiro atoms. The van der Waals surface area contributed by atoms with Gasteiger partial charge in [-0.1, -0.05) is 5.16 Å². The summed E-state index contributed by atoms with van der Waals surface area (Å²) < 4.78 is 4.94. The summed E-state index contributed by atoms with van der Waals surface area (Å²) in [5.74, 6) is 1.31. The second-order valence-corrected chi connectivity index (χ2v) is 4.01. The van der Waals surface area contributed by atoms with Gasteiger partial charge in [0.1, 0.15) is 5.52 Å². The maximum absolute atomic E-state index is 4.94. The van der Waals surface area contributed by atoms with Crippen molar-refractivity contribution in [1.82, 2.24) is 20.4 Å². The third-order valence-corrected chi connectivity index (χ3v) is 2.82. The lowest BCUT2D eigenvalue weighted by Gasteiger charge is -2.09. The number of hydrogen-bond donors (Lipinski definition) is 2. The molecule has 0 bridgehead atoms.